The Hall–Kier alpha value is -3.24. The van der Waals surface area contributed by atoms with Crippen LogP contribution in [0.4, 0.5) is 5.69 Å². The van der Waals surface area contributed by atoms with E-state index in [-0.39, 0.29) is 11.4 Å². The first-order valence-corrected chi connectivity index (χ1v) is 12.8. The lowest BCUT2D eigenvalue weighted by atomic mass is 9.98. The molecule has 3 heterocycles. The summed E-state index contributed by atoms with van der Waals surface area (Å²) in [5, 5.41) is 2.74. The summed E-state index contributed by atoms with van der Waals surface area (Å²) in [5.74, 6) is 0. The van der Waals surface area contributed by atoms with Crippen molar-refractivity contribution >= 4 is 39.5 Å². The van der Waals surface area contributed by atoms with Crippen molar-refractivity contribution in [3.05, 3.63) is 107 Å². The van der Waals surface area contributed by atoms with Gasteiger partial charge < -0.3 is 9.32 Å². The average molecular weight is 465 g/mol. The minimum atomic E-state index is 0.187. The number of hydrogen-bond acceptors (Lipinski definition) is 4. The fraction of sp³-hybridized carbons (Fsp3) is 0.233. The van der Waals surface area contributed by atoms with E-state index in [2.05, 4.69) is 104 Å². The van der Waals surface area contributed by atoms with Crippen molar-refractivity contribution in [2.45, 2.75) is 44.4 Å². The molecule has 2 unspecified atom stereocenters. The van der Waals surface area contributed by atoms with Crippen LogP contribution in [-0.4, -0.2) is 11.0 Å². The summed E-state index contributed by atoms with van der Waals surface area (Å²) >= 11 is 2.05. The highest BCUT2D eigenvalue weighted by Gasteiger charge is 2.43. The Balaban J connectivity index is 1.61. The van der Waals surface area contributed by atoms with Crippen molar-refractivity contribution in [3.8, 4) is 0 Å². The standard InChI is InChI=1S/C30H28N2OS/c1-18-10-8-11-19(2)25(18)30-32(21(4)28(34-30)22-12-6-5-7-13-22)26-20(3)15-16-23-24-14-9-17-31-29(24)33-27(23)26/h5-17,21,28,30H,1-4H3/t21-,28?,30?/m0/s1. The number of rotatable bonds is 3. The maximum Gasteiger partial charge on any atom is 0.227 e. The molecule has 1 aliphatic rings. The largest absolute Gasteiger partial charge is 0.436 e. The zero-order valence-corrected chi connectivity index (χ0v) is 20.8. The molecule has 0 amide bonds. The van der Waals surface area contributed by atoms with Crippen LogP contribution >= 0.6 is 11.8 Å². The molecule has 0 aliphatic carbocycles. The summed E-state index contributed by atoms with van der Waals surface area (Å²) < 4.78 is 6.45. The van der Waals surface area contributed by atoms with Gasteiger partial charge in [-0.2, -0.15) is 0 Å². The van der Waals surface area contributed by atoms with Gasteiger partial charge in [0.05, 0.1) is 10.9 Å². The molecule has 4 heteroatoms. The SMILES string of the molecule is Cc1cccc(C)c1C1SC(c2ccccc2)[C@H](C)N1c1c(C)ccc2c1oc1ncccc12. The number of anilines is 1. The monoisotopic (exact) mass is 464 g/mol. The summed E-state index contributed by atoms with van der Waals surface area (Å²) in [7, 11) is 0. The zero-order chi connectivity index (χ0) is 23.4. The fourth-order valence-corrected chi connectivity index (χ4v) is 7.39. The van der Waals surface area contributed by atoms with Gasteiger partial charge in [-0.3, -0.25) is 0 Å². The van der Waals surface area contributed by atoms with Crippen LogP contribution in [0.3, 0.4) is 0 Å². The van der Waals surface area contributed by atoms with E-state index < -0.39 is 0 Å². The second-order valence-electron chi connectivity index (χ2n) is 9.34. The molecule has 34 heavy (non-hydrogen) atoms. The maximum atomic E-state index is 6.45. The van der Waals surface area contributed by atoms with Gasteiger partial charge >= 0.3 is 0 Å². The summed E-state index contributed by atoms with van der Waals surface area (Å²) in [5.41, 5.74) is 9.49. The Labute approximate surface area is 204 Å². The van der Waals surface area contributed by atoms with Gasteiger partial charge in [0.25, 0.3) is 0 Å². The lowest BCUT2D eigenvalue weighted by Gasteiger charge is -2.33. The first kappa shape index (κ1) is 21.3. The van der Waals surface area contributed by atoms with Crippen LogP contribution in [0.25, 0.3) is 22.1 Å². The Kier molecular flexibility index (Phi) is 5.14. The highest BCUT2D eigenvalue weighted by Crippen LogP contribution is 2.57. The van der Waals surface area contributed by atoms with Crippen LogP contribution in [0.2, 0.25) is 0 Å². The number of furan rings is 1. The highest BCUT2D eigenvalue weighted by molar-refractivity contribution is 8.00. The number of benzene rings is 3. The molecule has 0 saturated carbocycles. The number of aromatic nitrogens is 1. The molecule has 3 atom stereocenters. The van der Waals surface area contributed by atoms with Crippen LogP contribution in [0.1, 0.15) is 45.4 Å². The number of aryl methyl sites for hydroxylation is 3. The molecule has 3 nitrogen and oxygen atoms in total. The predicted molar refractivity (Wildman–Crippen MR) is 144 cm³/mol. The van der Waals surface area contributed by atoms with Crippen LogP contribution in [-0.2, 0) is 0 Å². The second kappa shape index (κ2) is 8.21. The van der Waals surface area contributed by atoms with E-state index in [0.29, 0.717) is 11.0 Å². The molecule has 5 aromatic rings. The van der Waals surface area contributed by atoms with Crippen molar-refractivity contribution in [3.63, 3.8) is 0 Å². The van der Waals surface area contributed by atoms with E-state index in [9.17, 15) is 0 Å². The summed E-state index contributed by atoms with van der Waals surface area (Å²) in [4.78, 5) is 7.12. The molecule has 1 fully saturated rings. The van der Waals surface area contributed by atoms with Crippen molar-refractivity contribution in [1.82, 2.24) is 4.98 Å². The molecule has 0 bridgehead atoms. The lowest BCUT2D eigenvalue weighted by molar-refractivity contribution is 0.625. The maximum absolute atomic E-state index is 6.45. The number of pyridine rings is 1. The molecule has 0 radical (unpaired) electrons. The van der Waals surface area contributed by atoms with Crippen LogP contribution < -0.4 is 4.90 Å². The number of nitrogens with zero attached hydrogens (tertiary/aromatic N) is 2. The first-order valence-electron chi connectivity index (χ1n) is 11.9. The number of hydrogen-bond donors (Lipinski definition) is 0. The predicted octanol–water partition coefficient (Wildman–Crippen LogP) is 8.29. The first-order chi connectivity index (χ1) is 16.5. The van der Waals surface area contributed by atoms with Gasteiger partial charge in [-0.1, -0.05) is 60.7 Å². The fourth-order valence-electron chi connectivity index (χ4n) is 5.50. The van der Waals surface area contributed by atoms with Gasteiger partial charge in [0.2, 0.25) is 5.71 Å². The summed E-state index contributed by atoms with van der Waals surface area (Å²) in [6, 6.07) is 26.3. The van der Waals surface area contributed by atoms with E-state index in [1.165, 1.54) is 33.5 Å². The Morgan fingerprint density at radius 3 is 2.32 bits per heavy atom. The molecule has 170 valence electrons. The molecule has 0 spiro atoms. The van der Waals surface area contributed by atoms with E-state index >= 15 is 0 Å². The minimum absolute atomic E-state index is 0.187. The Morgan fingerprint density at radius 1 is 0.794 bits per heavy atom. The van der Waals surface area contributed by atoms with Gasteiger partial charge in [-0.15, -0.1) is 11.8 Å². The lowest BCUT2D eigenvalue weighted by Crippen LogP contribution is -2.32. The third-order valence-electron chi connectivity index (χ3n) is 7.17. The molecule has 1 saturated heterocycles. The van der Waals surface area contributed by atoms with Crippen LogP contribution in [0.15, 0.2) is 83.4 Å². The van der Waals surface area contributed by atoms with Gasteiger partial charge in [-0.05, 0) is 67.6 Å². The van der Waals surface area contributed by atoms with Crippen molar-refractivity contribution in [2.24, 2.45) is 0 Å². The Bertz CT molecular complexity index is 1490. The van der Waals surface area contributed by atoms with Crippen molar-refractivity contribution in [2.75, 3.05) is 4.90 Å². The van der Waals surface area contributed by atoms with E-state index in [0.717, 1.165) is 16.4 Å². The van der Waals surface area contributed by atoms with Crippen LogP contribution in [0.5, 0.6) is 0 Å². The molecular formula is C30H28N2OS. The molecule has 1 aliphatic heterocycles. The van der Waals surface area contributed by atoms with Crippen molar-refractivity contribution in [1.29, 1.82) is 0 Å². The van der Waals surface area contributed by atoms with E-state index in [1.54, 1.807) is 6.20 Å². The van der Waals surface area contributed by atoms with Crippen LogP contribution in [0, 0.1) is 20.8 Å². The van der Waals surface area contributed by atoms with Crippen molar-refractivity contribution < 1.29 is 4.42 Å². The third kappa shape index (κ3) is 3.24. The molecule has 2 aromatic heterocycles. The van der Waals surface area contributed by atoms with Gasteiger partial charge in [0.15, 0.2) is 5.58 Å². The molecular weight excluding hydrogens is 436 g/mol. The number of fused-ring (bicyclic) bond motifs is 3. The smallest absolute Gasteiger partial charge is 0.227 e. The normalized spacial score (nSPS) is 20.5. The summed E-state index contributed by atoms with van der Waals surface area (Å²) in [6.07, 6.45) is 1.80. The van der Waals surface area contributed by atoms with E-state index in [4.69, 9.17) is 4.42 Å². The molecule has 0 N–H and O–H groups in total. The Morgan fingerprint density at radius 2 is 1.56 bits per heavy atom. The quantitative estimate of drug-likeness (QED) is 0.269. The summed E-state index contributed by atoms with van der Waals surface area (Å²) in [6.45, 7) is 9.03. The van der Waals surface area contributed by atoms with E-state index in [1.807, 2.05) is 17.8 Å². The van der Waals surface area contributed by atoms with Gasteiger partial charge in [0.1, 0.15) is 5.37 Å². The number of thioether (sulfide) groups is 1. The molecule has 3 aromatic carbocycles. The zero-order valence-electron chi connectivity index (χ0n) is 19.9. The highest BCUT2D eigenvalue weighted by atomic mass is 32.2. The molecule has 6 rings (SSSR count). The topological polar surface area (TPSA) is 29.3 Å². The third-order valence-corrected chi connectivity index (χ3v) is 8.85. The van der Waals surface area contributed by atoms with Gasteiger partial charge in [0, 0.05) is 23.0 Å². The minimum Gasteiger partial charge on any atom is -0.436 e. The second-order valence-corrected chi connectivity index (χ2v) is 10.6. The van der Waals surface area contributed by atoms with Gasteiger partial charge in [-0.25, -0.2) is 4.98 Å². The average Bonchev–Trinajstić information content (AvgIpc) is 3.38.